The number of nitro groups is 1. The van der Waals surface area contributed by atoms with Gasteiger partial charge in [-0.15, -0.1) is 0 Å². The van der Waals surface area contributed by atoms with Gasteiger partial charge in [0, 0.05) is 16.7 Å². The molecule has 0 spiro atoms. The van der Waals surface area contributed by atoms with Gasteiger partial charge in [-0.2, -0.15) is 0 Å². The predicted molar refractivity (Wildman–Crippen MR) is 116 cm³/mol. The molecule has 1 atom stereocenters. The highest BCUT2D eigenvalue weighted by molar-refractivity contribution is 6.31. The van der Waals surface area contributed by atoms with Crippen molar-refractivity contribution in [2.45, 2.75) is 39.2 Å². The van der Waals surface area contributed by atoms with Crippen molar-refractivity contribution in [1.82, 2.24) is 0 Å². The van der Waals surface area contributed by atoms with Gasteiger partial charge in [-0.05, 0) is 52.0 Å². The van der Waals surface area contributed by atoms with Crippen molar-refractivity contribution >= 4 is 34.9 Å². The highest BCUT2D eigenvalue weighted by Crippen LogP contribution is 2.40. The van der Waals surface area contributed by atoms with Crippen molar-refractivity contribution in [2.24, 2.45) is 0 Å². The lowest BCUT2D eigenvalue weighted by atomic mass is 9.97. The number of halogens is 2. The second kappa shape index (κ2) is 10.3. The monoisotopic (exact) mass is 478 g/mol. The Bertz CT molecular complexity index is 1140. The van der Waals surface area contributed by atoms with Gasteiger partial charge >= 0.3 is 17.6 Å². The lowest BCUT2D eigenvalue weighted by Gasteiger charge is -2.23. The van der Waals surface area contributed by atoms with Crippen LogP contribution in [-0.4, -0.2) is 29.1 Å². The van der Waals surface area contributed by atoms with Crippen LogP contribution in [0.2, 0.25) is 5.02 Å². The lowest BCUT2D eigenvalue weighted by Crippen LogP contribution is -2.33. The Balaban J connectivity index is 2.67. The first-order valence-electron chi connectivity index (χ1n) is 9.60. The zero-order chi connectivity index (χ0) is 24.9. The fourth-order valence-corrected chi connectivity index (χ4v) is 2.97. The van der Waals surface area contributed by atoms with E-state index in [1.807, 2.05) is 0 Å². The van der Waals surface area contributed by atoms with Gasteiger partial charge in [0.05, 0.1) is 18.1 Å². The minimum Gasteiger partial charge on any atom is -0.465 e. The van der Waals surface area contributed by atoms with Crippen LogP contribution in [0.3, 0.4) is 0 Å². The molecule has 0 aromatic heterocycles. The Morgan fingerprint density at radius 3 is 2.45 bits per heavy atom. The Morgan fingerprint density at radius 2 is 1.91 bits per heavy atom. The summed E-state index contributed by atoms with van der Waals surface area (Å²) in [6, 6.07) is 5.56. The molecule has 33 heavy (non-hydrogen) atoms. The quantitative estimate of drug-likeness (QED) is 0.164. The number of esters is 2. The first kappa shape index (κ1) is 25.5. The summed E-state index contributed by atoms with van der Waals surface area (Å²) in [6.07, 6.45) is 0. The number of nitrogens with zero attached hydrogens (tertiary/aromatic N) is 2. The van der Waals surface area contributed by atoms with E-state index in [9.17, 15) is 19.7 Å². The van der Waals surface area contributed by atoms with Crippen LogP contribution in [0, 0.1) is 22.5 Å². The maximum Gasteiger partial charge on any atom is 0.325 e. The van der Waals surface area contributed by atoms with Gasteiger partial charge in [0.15, 0.2) is 17.4 Å². The Hall–Kier alpha value is -3.71. The third kappa shape index (κ3) is 6.40. The van der Waals surface area contributed by atoms with Crippen molar-refractivity contribution in [2.75, 3.05) is 6.61 Å². The second-order valence-electron chi connectivity index (χ2n) is 7.65. The van der Waals surface area contributed by atoms with E-state index in [1.54, 1.807) is 20.8 Å². The molecule has 174 valence electrons. The van der Waals surface area contributed by atoms with Gasteiger partial charge in [-0.1, -0.05) is 11.6 Å². The minimum atomic E-state index is -1.86. The molecule has 0 amide bonds. The summed E-state index contributed by atoms with van der Waals surface area (Å²) in [6.45, 7) is 13.2. The van der Waals surface area contributed by atoms with Crippen molar-refractivity contribution in [3.8, 4) is 11.5 Å². The van der Waals surface area contributed by atoms with Crippen LogP contribution in [0.15, 0.2) is 30.3 Å². The molecule has 2 aromatic rings. The normalized spacial score (nSPS) is 11.8. The number of hydrogen-bond acceptors (Lipinski definition) is 7. The number of rotatable bonds is 7. The lowest BCUT2D eigenvalue weighted by molar-refractivity contribution is -0.385. The smallest absolute Gasteiger partial charge is 0.325 e. The fraction of sp³-hybridized carbons (Fsp3) is 0.318. The van der Waals surface area contributed by atoms with Gasteiger partial charge in [-0.3, -0.25) is 19.7 Å². The van der Waals surface area contributed by atoms with E-state index in [1.165, 1.54) is 25.1 Å². The number of carbonyl (C=O) groups is 2. The maximum atomic E-state index is 15.6. The molecular formula is C22H20ClFN2O7. The molecule has 0 aliphatic rings. The van der Waals surface area contributed by atoms with E-state index >= 15 is 4.39 Å². The molecule has 0 heterocycles. The summed E-state index contributed by atoms with van der Waals surface area (Å²) in [7, 11) is 0. The molecule has 0 aliphatic carbocycles. The van der Waals surface area contributed by atoms with Crippen molar-refractivity contribution in [3.63, 3.8) is 0 Å². The largest absolute Gasteiger partial charge is 0.465 e. The first-order chi connectivity index (χ1) is 15.4. The minimum absolute atomic E-state index is 0.0508. The van der Waals surface area contributed by atoms with Crippen LogP contribution in [-0.2, 0) is 19.1 Å². The van der Waals surface area contributed by atoms with Crippen LogP contribution in [0.4, 0.5) is 15.8 Å². The molecular weight excluding hydrogens is 459 g/mol. The van der Waals surface area contributed by atoms with Crippen LogP contribution < -0.4 is 4.74 Å². The van der Waals surface area contributed by atoms with Crippen molar-refractivity contribution < 1.29 is 33.1 Å². The number of ether oxygens (including phenoxy) is 3. The van der Waals surface area contributed by atoms with E-state index in [-0.39, 0.29) is 23.1 Å². The average molecular weight is 479 g/mol. The maximum absolute atomic E-state index is 15.6. The number of carbonyl (C=O) groups excluding carboxylic acids is 2. The zero-order valence-electron chi connectivity index (χ0n) is 18.2. The first-order valence-corrected chi connectivity index (χ1v) is 9.98. The van der Waals surface area contributed by atoms with E-state index in [2.05, 4.69) is 4.85 Å². The molecule has 0 aliphatic heterocycles. The predicted octanol–water partition coefficient (Wildman–Crippen LogP) is 5.72. The molecule has 0 saturated carbocycles. The highest BCUT2D eigenvalue weighted by Gasteiger charge is 2.38. The van der Waals surface area contributed by atoms with Crippen LogP contribution >= 0.6 is 11.6 Å². The third-order valence-electron chi connectivity index (χ3n) is 3.98. The Morgan fingerprint density at radius 1 is 1.24 bits per heavy atom. The molecule has 1 unspecified atom stereocenters. The van der Waals surface area contributed by atoms with Crippen molar-refractivity contribution in [1.29, 1.82) is 0 Å². The molecule has 0 fully saturated rings. The number of benzene rings is 2. The molecule has 0 radical (unpaired) electrons. The number of hydrogen-bond donors (Lipinski definition) is 0. The molecule has 0 bridgehead atoms. The molecule has 0 saturated heterocycles. The molecule has 9 nitrogen and oxygen atoms in total. The van der Waals surface area contributed by atoms with Crippen LogP contribution in [0.25, 0.3) is 4.85 Å². The third-order valence-corrected chi connectivity index (χ3v) is 4.20. The van der Waals surface area contributed by atoms with Crippen molar-refractivity contribution in [3.05, 3.63) is 68.3 Å². The van der Waals surface area contributed by atoms with Crippen LogP contribution in [0.5, 0.6) is 11.5 Å². The van der Waals surface area contributed by atoms with Crippen LogP contribution in [0.1, 0.15) is 39.2 Å². The summed E-state index contributed by atoms with van der Waals surface area (Å²) in [5.41, 5.74) is -2.26. The summed E-state index contributed by atoms with van der Waals surface area (Å²) < 4.78 is 31.1. The summed E-state index contributed by atoms with van der Waals surface area (Å²) in [5, 5.41) is 11.6. The SMILES string of the molecule is [C-]#[N+]c1cc(Cl)cc(Oc2c([N+](=O)[O-])ccc(C(C(=O)OCC)C(=O)OC(C)(C)C)c2F)c1. The Labute approximate surface area is 194 Å². The highest BCUT2D eigenvalue weighted by atomic mass is 35.5. The molecule has 2 rings (SSSR count). The average Bonchev–Trinajstić information content (AvgIpc) is 2.69. The standard InChI is InChI=1S/C22H20ClFN2O7/c1-6-31-20(27)17(21(28)33-22(2,3)4)15-7-8-16(26(29)30)19(18(15)24)32-14-10-12(23)9-13(11-14)25-5/h7-11,17H,6H2,1-4H3. The van der Waals surface area contributed by atoms with E-state index in [4.69, 9.17) is 32.4 Å². The van der Waals surface area contributed by atoms with Gasteiger partial charge in [-0.25, -0.2) is 9.24 Å². The summed E-state index contributed by atoms with van der Waals surface area (Å²) in [4.78, 5) is 39.1. The molecule has 2 aromatic carbocycles. The Kier molecular flexibility index (Phi) is 7.95. The van der Waals surface area contributed by atoms with E-state index in [0.717, 1.165) is 12.1 Å². The van der Waals surface area contributed by atoms with E-state index in [0.29, 0.717) is 0 Å². The second-order valence-corrected chi connectivity index (χ2v) is 8.09. The zero-order valence-corrected chi connectivity index (χ0v) is 18.9. The fourth-order valence-electron chi connectivity index (χ4n) is 2.75. The summed E-state index contributed by atoms with van der Waals surface area (Å²) >= 11 is 5.92. The topological polar surface area (TPSA) is 109 Å². The molecule has 0 N–H and O–H groups in total. The molecule has 11 heteroatoms. The van der Waals surface area contributed by atoms with Gasteiger partial charge in [0.25, 0.3) is 0 Å². The van der Waals surface area contributed by atoms with Gasteiger partial charge in [0.2, 0.25) is 5.75 Å². The number of nitro benzene ring substituents is 1. The van der Waals surface area contributed by atoms with Gasteiger partial charge < -0.3 is 14.2 Å². The summed E-state index contributed by atoms with van der Waals surface area (Å²) in [5.74, 6) is -6.41. The van der Waals surface area contributed by atoms with Gasteiger partial charge in [0.1, 0.15) is 11.4 Å². The van der Waals surface area contributed by atoms with E-state index < -0.39 is 51.2 Å².